The van der Waals surface area contributed by atoms with Gasteiger partial charge in [-0.05, 0) is 57.4 Å². The van der Waals surface area contributed by atoms with Crippen LogP contribution in [0.5, 0.6) is 0 Å². The molecular formula is C23H38N4O3. The van der Waals surface area contributed by atoms with E-state index in [1.54, 1.807) is 4.90 Å². The molecule has 1 aromatic carbocycles. The van der Waals surface area contributed by atoms with Crippen LogP contribution in [-0.2, 0) is 9.53 Å². The normalized spacial score (nSPS) is 15.2. The molecule has 0 aromatic heterocycles. The highest BCUT2D eigenvalue weighted by molar-refractivity contribution is 5.92. The molecule has 0 aliphatic carbocycles. The second-order valence-electron chi connectivity index (χ2n) is 8.56. The van der Waals surface area contributed by atoms with Crippen LogP contribution >= 0.6 is 0 Å². The van der Waals surface area contributed by atoms with E-state index < -0.39 is 0 Å². The molecule has 7 nitrogen and oxygen atoms in total. The van der Waals surface area contributed by atoms with Gasteiger partial charge in [-0.3, -0.25) is 9.69 Å². The lowest BCUT2D eigenvalue weighted by Gasteiger charge is -2.27. The molecule has 0 saturated carbocycles. The van der Waals surface area contributed by atoms with Crippen molar-refractivity contribution in [2.75, 3.05) is 56.1 Å². The molecule has 7 heteroatoms. The zero-order chi connectivity index (χ0) is 22.1. The van der Waals surface area contributed by atoms with Crippen molar-refractivity contribution < 1.29 is 14.3 Å². The second kappa shape index (κ2) is 11.8. The van der Waals surface area contributed by atoms with Crippen LogP contribution in [-0.4, -0.2) is 73.7 Å². The monoisotopic (exact) mass is 418 g/mol. The van der Waals surface area contributed by atoms with Crippen LogP contribution in [0, 0.1) is 5.92 Å². The summed E-state index contributed by atoms with van der Waals surface area (Å²) in [5.41, 5.74) is 1.96. The van der Waals surface area contributed by atoms with E-state index in [9.17, 15) is 9.59 Å². The van der Waals surface area contributed by atoms with Crippen molar-refractivity contribution in [2.24, 2.45) is 5.92 Å². The fourth-order valence-corrected chi connectivity index (χ4v) is 3.63. The third-order valence-electron chi connectivity index (χ3n) is 5.20. The van der Waals surface area contributed by atoms with Crippen LogP contribution in [0.2, 0.25) is 0 Å². The van der Waals surface area contributed by atoms with Gasteiger partial charge in [0.25, 0.3) is 0 Å². The first-order valence-corrected chi connectivity index (χ1v) is 11.1. The maximum atomic E-state index is 12.5. The third kappa shape index (κ3) is 7.52. The van der Waals surface area contributed by atoms with E-state index >= 15 is 0 Å². The summed E-state index contributed by atoms with van der Waals surface area (Å²) in [5, 5.41) is 2.99. The summed E-state index contributed by atoms with van der Waals surface area (Å²) < 4.78 is 5.33. The van der Waals surface area contributed by atoms with Crippen molar-refractivity contribution >= 4 is 23.4 Å². The molecule has 0 radical (unpaired) electrons. The van der Waals surface area contributed by atoms with Gasteiger partial charge < -0.3 is 19.9 Å². The minimum absolute atomic E-state index is 0.0326. The number of hydrogen-bond donors (Lipinski definition) is 1. The number of rotatable bonds is 8. The van der Waals surface area contributed by atoms with Gasteiger partial charge in [0.05, 0.1) is 13.2 Å². The Morgan fingerprint density at radius 1 is 1.07 bits per heavy atom. The fraction of sp³-hybridized carbons (Fsp3) is 0.652. The average molecular weight is 419 g/mol. The summed E-state index contributed by atoms with van der Waals surface area (Å²) in [4.78, 5) is 30.8. The summed E-state index contributed by atoms with van der Waals surface area (Å²) in [5.74, 6) is 0.292. The zero-order valence-corrected chi connectivity index (χ0v) is 19.2. The Labute approximate surface area is 181 Å². The van der Waals surface area contributed by atoms with E-state index in [4.69, 9.17) is 4.74 Å². The van der Waals surface area contributed by atoms with Gasteiger partial charge in [0.1, 0.15) is 0 Å². The van der Waals surface area contributed by atoms with Gasteiger partial charge in [-0.2, -0.15) is 0 Å². The number of nitrogens with one attached hydrogen (secondary N) is 1. The minimum atomic E-state index is -0.252. The van der Waals surface area contributed by atoms with E-state index in [0.717, 1.165) is 30.9 Å². The quantitative estimate of drug-likeness (QED) is 0.698. The molecule has 0 bridgehead atoms. The Morgan fingerprint density at radius 2 is 1.77 bits per heavy atom. The Hall–Kier alpha value is -2.28. The van der Waals surface area contributed by atoms with Gasteiger partial charge in [0.15, 0.2) is 0 Å². The molecule has 0 spiro atoms. The maximum Gasteiger partial charge on any atom is 0.409 e. The molecule has 1 N–H and O–H groups in total. The number of nitrogens with zero attached hydrogens (tertiary/aromatic N) is 3. The van der Waals surface area contributed by atoms with E-state index in [1.807, 2.05) is 38.1 Å². The predicted molar refractivity (Wildman–Crippen MR) is 122 cm³/mol. The van der Waals surface area contributed by atoms with Crippen LogP contribution in [0.15, 0.2) is 24.3 Å². The molecule has 1 aromatic rings. The Kier molecular flexibility index (Phi) is 9.43. The SMILES string of the molecule is CCN(c1ccc(NC(=O)CN2CCCN(C(=O)OCC(C)C)CC2)cc1)C(C)C. The second-order valence-corrected chi connectivity index (χ2v) is 8.56. The van der Waals surface area contributed by atoms with Crippen molar-refractivity contribution in [1.82, 2.24) is 9.80 Å². The number of ether oxygens (including phenoxy) is 1. The minimum Gasteiger partial charge on any atom is -0.449 e. The zero-order valence-electron chi connectivity index (χ0n) is 19.2. The number of hydrogen-bond acceptors (Lipinski definition) is 5. The molecule has 1 aliphatic rings. The highest BCUT2D eigenvalue weighted by atomic mass is 16.6. The molecule has 2 rings (SSSR count). The van der Waals surface area contributed by atoms with Crippen LogP contribution < -0.4 is 10.2 Å². The maximum absolute atomic E-state index is 12.5. The fourth-order valence-electron chi connectivity index (χ4n) is 3.63. The highest BCUT2D eigenvalue weighted by Crippen LogP contribution is 2.20. The lowest BCUT2D eigenvalue weighted by Crippen LogP contribution is -2.38. The number of carbonyl (C=O) groups is 2. The van der Waals surface area contributed by atoms with Crippen molar-refractivity contribution in [1.29, 1.82) is 0 Å². The lowest BCUT2D eigenvalue weighted by molar-refractivity contribution is -0.117. The predicted octanol–water partition coefficient (Wildman–Crippen LogP) is 3.66. The smallest absolute Gasteiger partial charge is 0.409 e. The summed E-state index contributed by atoms with van der Waals surface area (Å²) in [6.07, 6.45) is 0.582. The molecule has 1 aliphatic heterocycles. The molecule has 1 saturated heterocycles. The highest BCUT2D eigenvalue weighted by Gasteiger charge is 2.21. The molecular weight excluding hydrogens is 380 g/mol. The number of benzene rings is 1. The molecule has 168 valence electrons. The van der Waals surface area contributed by atoms with Crippen LogP contribution in [0.4, 0.5) is 16.2 Å². The van der Waals surface area contributed by atoms with Crippen molar-refractivity contribution in [3.63, 3.8) is 0 Å². The number of amides is 2. The first kappa shape index (κ1) is 24.0. The summed E-state index contributed by atoms with van der Waals surface area (Å²) in [6, 6.07) is 8.43. The van der Waals surface area contributed by atoms with Gasteiger partial charge in [-0.15, -0.1) is 0 Å². The van der Waals surface area contributed by atoms with Crippen LogP contribution in [0.3, 0.4) is 0 Å². The van der Waals surface area contributed by atoms with Gasteiger partial charge in [0, 0.05) is 50.1 Å². The third-order valence-corrected chi connectivity index (χ3v) is 5.20. The summed E-state index contributed by atoms with van der Waals surface area (Å²) >= 11 is 0. The molecule has 0 atom stereocenters. The summed E-state index contributed by atoms with van der Waals surface area (Å²) in [7, 11) is 0. The first-order chi connectivity index (χ1) is 14.3. The molecule has 1 fully saturated rings. The molecule has 30 heavy (non-hydrogen) atoms. The van der Waals surface area contributed by atoms with E-state index in [2.05, 4.69) is 35.9 Å². The molecule has 2 amide bonds. The Bertz CT molecular complexity index is 676. The van der Waals surface area contributed by atoms with Crippen LogP contribution in [0.1, 0.15) is 41.0 Å². The van der Waals surface area contributed by atoms with E-state index in [1.165, 1.54) is 0 Å². The van der Waals surface area contributed by atoms with E-state index in [0.29, 0.717) is 44.7 Å². The average Bonchev–Trinajstić information content (AvgIpc) is 2.93. The van der Waals surface area contributed by atoms with Gasteiger partial charge in [-0.25, -0.2) is 4.79 Å². The van der Waals surface area contributed by atoms with Crippen molar-refractivity contribution in [2.45, 2.75) is 47.1 Å². The number of carbonyl (C=O) groups excluding carboxylic acids is 2. The van der Waals surface area contributed by atoms with Gasteiger partial charge in [0.2, 0.25) is 5.91 Å². The van der Waals surface area contributed by atoms with Crippen molar-refractivity contribution in [3.05, 3.63) is 24.3 Å². The van der Waals surface area contributed by atoms with Gasteiger partial charge >= 0.3 is 6.09 Å². The standard InChI is InChI=1S/C23H38N4O3/c1-6-27(19(4)5)21-10-8-20(9-11-21)24-22(28)16-25-12-7-13-26(15-14-25)23(29)30-17-18(2)3/h8-11,18-19H,6-7,12-17H2,1-5H3,(H,24,28). The first-order valence-electron chi connectivity index (χ1n) is 11.1. The van der Waals surface area contributed by atoms with E-state index in [-0.39, 0.29) is 12.0 Å². The molecule has 0 unspecified atom stereocenters. The topological polar surface area (TPSA) is 65.1 Å². The Morgan fingerprint density at radius 3 is 2.37 bits per heavy atom. The van der Waals surface area contributed by atoms with Crippen molar-refractivity contribution in [3.8, 4) is 0 Å². The molecule has 1 heterocycles. The van der Waals surface area contributed by atoms with Crippen LogP contribution in [0.25, 0.3) is 0 Å². The lowest BCUT2D eigenvalue weighted by atomic mass is 10.2. The Balaban J connectivity index is 1.81. The summed E-state index contributed by atoms with van der Waals surface area (Å²) in [6.45, 7) is 14.9. The van der Waals surface area contributed by atoms with Gasteiger partial charge in [-0.1, -0.05) is 13.8 Å². The largest absolute Gasteiger partial charge is 0.449 e. The number of anilines is 2.